The number of carboxylic acids is 1. The van der Waals surface area contributed by atoms with Gasteiger partial charge in [-0.05, 0) is 66.2 Å². The molecular weight excluding hydrogens is 426 g/mol. The molecule has 0 unspecified atom stereocenters. The van der Waals surface area contributed by atoms with Crippen LogP contribution in [-0.2, 0) is 17.6 Å². The van der Waals surface area contributed by atoms with Gasteiger partial charge in [-0.1, -0.05) is 19.5 Å². The maximum atomic E-state index is 10.8. The molecule has 0 aliphatic carbocycles. The molecule has 3 heterocycles. The third-order valence-corrected chi connectivity index (χ3v) is 11.4. The molecule has 0 fully saturated rings. The Morgan fingerprint density at radius 2 is 1.88 bits per heavy atom. The first kappa shape index (κ1) is 22.3. The second-order valence-electron chi connectivity index (χ2n) is 10.6. The van der Waals surface area contributed by atoms with Gasteiger partial charge in [0.05, 0.1) is 11.0 Å². The van der Waals surface area contributed by atoms with E-state index in [-0.39, 0.29) is 6.42 Å². The van der Waals surface area contributed by atoms with Crippen molar-refractivity contribution in [2.75, 3.05) is 31.6 Å². The predicted molar refractivity (Wildman–Crippen MR) is 137 cm³/mol. The zero-order valence-electron chi connectivity index (χ0n) is 20.3. The maximum absolute atomic E-state index is 10.8. The van der Waals surface area contributed by atoms with Gasteiger partial charge < -0.3 is 10.0 Å². The van der Waals surface area contributed by atoms with E-state index < -0.39 is 14.0 Å². The van der Waals surface area contributed by atoms with Crippen LogP contribution in [0.1, 0.15) is 49.7 Å². The number of hydrogen-bond acceptors (Lipinski definition) is 3. The third kappa shape index (κ3) is 4.14. The average Bonchev–Trinajstić information content (AvgIpc) is 2.77. The van der Waals surface area contributed by atoms with Crippen molar-refractivity contribution in [1.82, 2.24) is 4.58 Å². The fraction of sp³-hybridized carbons (Fsp3) is 0.519. The number of nitrogens with zero attached hydrogens (tertiary/aromatic N) is 3. The molecule has 0 saturated heterocycles. The van der Waals surface area contributed by atoms with Gasteiger partial charge in [-0.15, -0.1) is 0 Å². The molecule has 0 aromatic heterocycles. The summed E-state index contributed by atoms with van der Waals surface area (Å²) in [5, 5.41) is 14.4. The molecule has 0 radical (unpaired) electrons. The van der Waals surface area contributed by atoms with Gasteiger partial charge in [-0.3, -0.25) is 4.79 Å². The second kappa shape index (κ2) is 8.71. The van der Waals surface area contributed by atoms with Crippen LogP contribution in [0.5, 0.6) is 0 Å². The number of carbonyl (C=O) groups is 1. The molecule has 3 aliphatic rings. The Morgan fingerprint density at radius 3 is 2.70 bits per heavy atom. The van der Waals surface area contributed by atoms with Crippen LogP contribution >= 0.6 is 0 Å². The van der Waals surface area contributed by atoms with Crippen LogP contribution in [0, 0.1) is 0 Å². The molecule has 5 rings (SSSR count). The topological polar surface area (TPSA) is 55.9 Å². The van der Waals surface area contributed by atoms with Gasteiger partial charge >= 0.3 is 5.97 Å². The highest BCUT2D eigenvalue weighted by Gasteiger charge is 2.36. The number of unbranched alkanes of at least 4 members (excludes halogenated alkanes) is 2. The highest BCUT2D eigenvalue weighted by Crippen LogP contribution is 2.32. The van der Waals surface area contributed by atoms with Crippen LogP contribution in [0.4, 0.5) is 11.4 Å². The lowest BCUT2D eigenvalue weighted by Crippen LogP contribution is -2.62. The van der Waals surface area contributed by atoms with E-state index in [1.807, 2.05) is 0 Å². The van der Waals surface area contributed by atoms with Gasteiger partial charge in [0.15, 0.2) is 0 Å². The normalized spacial score (nSPS) is 18.0. The van der Waals surface area contributed by atoms with E-state index in [9.17, 15) is 4.79 Å². The smallest absolute Gasteiger partial charge is 0.303 e. The monoisotopic (exact) mass is 462 g/mol. The maximum Gasteiger partial charge on any atom is 0.303 e. The van der Waals surface area contributed by atoms with Gasteiger partial charge in [0, 0.05) is 43.2 Å². The van der Waals surface area contributed by atoms with Crippen molar-refractivity contribution in [3.63, 3.8) is 0 Å². The van der Waals surface area contributed by atoms with Crippen LogP contribution in [0.2, 0.25) is 13.1 Å². The molecule has 6 heteroatoms. The summed E-state index contributed by atoms with van der Waals surface area (Å²) in [7, 11) is 0.341. The highest BCUT2D eigenvalue weighted by molar-refractivity contribution is 7.01. The van der Waals surface area contributed by atoms with E-state index in [1.54, 1.807) is 0 Å². The Morgan fingerprint density at radius 1 is 1.06 bits per heavy atom. The van der Waals surface area contributed by atoms with Crippen molar-refractivity contribution < 1.29 is 9.90 Å². The minimum atomic E-state index is -1.88. The number of hydrogen-bond donors (Lipinski definition) is 1. The number of fused-ring (bicyclic) bond motifs is 4. The summed E-state index contributed by atoms with van der Waals surface area (Å²) in [5.41, 5.74) is 5.48. The fourth-order valence-corrected chi connectivity index (χ4v) is 8.77. The van der Waals surface area contributed by atoms with Crippen molar-refractivity contribution in [3.8, 4) is 0 Å². The van der Waals surface area contributed by atoms with Crippen LogP contribution in [0.3, 0.4) is 0 Å². The summed E-state index contributed by atoms with van der Waals surface area (Å²) < 4.78 is 2.41. The summed E-state index contributed by atoms with van der Waals surface area (Å²) in [6, 6.07) is 9.69. The van der Waals surface area contributed by atoms with E-state index in [0.29, 0.717) is 0 Å². The Hall–Kier alpha value is -2.47. The van der Waals surface area contributed by atoms with E-state index in [4.69, 9.17) is 10.1 Å². The van der Waals surface area contributed by atoms with E-state index in [0.717, 1.165) is 51.7 Å². The van der Waals surface area contributed by atoms with Crippen molar-refractivity contribution in [2.45, 2.75) is 64.5 Å². The lowest BCUT2D eigenvalue weighted by atomic mass is 10.00. The van der Waals surface area contributed by atoms with Gasteiger partial charge in [0.25, 0.3) is 0 Å². The van der Waals surface area contributed by atoms with Crippen LogP contribution in [0.25, 0.3) is 0 Å². The Labute approximate surface area is 197 Å². The van der Waals surface area contributed by atoms with E-state index >= 15 is 0 Å². The van der Waals surface area contributed by atoms with Gasteiger partial charge in [-0.2, -0.15) is 0 Å². The minimum Gasteiger partial charge on any atom is -0.481 e. The zero-order valence-corrected chi connectivity index (χ0v) is 21.3. The predicted octanol–water partition coefficient (Wildman–Crippen LogP) is 2.24. The molecule has 3 aliphatic heterocycles. The molecule has 5 nitrogen and oxygen atoms in total. The van der Waals surface area contributed by atoms with Crippen LogP contribution in [-0.4, -0.2) is 45.8 Å². The minimum absolute atomic E-state index is 0.281. The molecule has 33 heavy (non-hydrogen) atoms. The summed E-state index contributed by atoms with van der Waals surface area (Å²) in [6.07, 6.45) is 7.76. The standard InChI is InChI=1S/C27H35N3O2Si/c1-29-12-7-9-19-15-21-25(17-23(19)29)33(2,3)26-18-24-20(16-22(26)28-21)10-8-14-30(24)13-6-4-5-11-27(31)32/h15-18H,4-14H2,1-3H3/p+1. The largest absolute Gasteiger partial charge is 0.481 e. The first-order valence-electron chi connectivity index (χ1n) is 12.6. The first-order valence-corrected chi connectivity index (χ1v) is 15.6. The number of aliphatic carboxylic acids is 1. The lowest BCUT2D eigenvalue weighted by molar-refractivity contribution is -0.137. The number of carboxylic acid groups (broad SMARTS) is 1. The summed E-state index contributed by atoms with van der Waals surface area (Å²) in [4.78, 5) is 18.6. The quantitative estimate of drug-likeness (QED) is 0.407. The molecule has 2 aromatic carbocycles. The van der Waals surface area contributed by atoms with E-state index in [1.165, 1.54) is 56.4 Å². The van der Waals surface area contributed by atoms with E-state index in [2.05, 4.69) is 53.9 Å². The van der Waals surface area contributed by atoms with Crippen LogP contribution in [0.15, 0.2) is 29.3 Å². The fourth-order valence-electron chi connectivity index (χ4n) is 5.95. The molecule has 0 bridgehead atoms. The first-order chi connectivity index (χ1) is 15.8. The van der Waals surface area contributed by atoms with Gasteiger partial charge in [-0.25, -0.2) is 9.57 Å². The molecule has 0 amide bonds. The number of anilines is 1. The van der Waals surface area contributed by atoms with Crippen molar-refractivity contribution in [2.24, 2.45) is 4.99 Å². The van der Waals surface area contributed by atoms with Gasteiger partial charge in [0.2, 0.25) is 5.36 Å². The Balaban J connectivity index is 1.50. The SMILES string of the molecule is C[N+]1=c2cc3c(cc2CCC1)=Nc1cc2c(cc1[Si]3(C)C)N(CCCCCC(=O)O)CCC2. The Kier molecular flexibility index (Phi) is 5.89. The summed E-state index contributed by atoms with van der Waals surface area (Å²) >= 11 is 0. The second-order valence-corrected chi connectivity index (χ2v) is 14.9. The molecule has 0 atom stereocenters. The van der Waals surface area contributed by atoms with Crippen molar-refractivity contribution in [1.29, 1.82) is 0 Å². The Bertz CT molecular complexity index is 1230. The number of rotatable bonds is 6. The molecule has 2 aromatic rings. The van der Waals surface area contributed by atoms with Gasteiger partial charge in [0.1, 0.15) is 21.7 Å². The average molecular weight is 463 g/mol. The van der Waals surface area contributed by atoms with Crippen LogP contribution < -0.4 is 30.6 Å². The molecular formula is C27H36N3O2Si+. The molecule has 0 spiro atoms. The third-order valence-electron chi connectivity index (χ3n) is 7.87. The summed E-state index contributed by atoms with van der Waals surface area (Å²) in [6.45, 7) is 8.22. The molecule has 1 N–H and O–H groups in total. The van der Waals surface area contributed by atoms with Crippen molar-refractivity contribution >= 4 is 35.8 Å². The number of aryl methyl sites for hydroxylation is 2. The zero-order chi connectivity index (χ0) is 23.2. The highest BCUT2D eigenvalue weighted by atomic mass is 28.3. The lowest BCUT2D eigenvalue weighted by Gasteiger charge is -2.35. The number of benzene rings is 2. The molecule has 0 saturated carbocycles. The van der Waals surface area contributed by atoms with Crippen molar-refractivity contribution in [3.05, 3.63) is 46.1 Å². The molecule has 174 valence electrons. The summed E-state index contributed by atoms with van der Waals surface area (Å²) in [5.74, 6) is -0.686.